The Bertz CT molecular complexity index is 1050. The lowest BCUT2D eigenvalue weighted by Gasteiger charge is -2.16. The number of hydrogen-bond donors (Lipinski definition) is 1. The first kappa shape index (κ1) is 22.0. The van der Waals surface area contributed by atoms with Crippen LogP contribution < -0.4 is 19.5 Å². The minimum Gasteiger partial charge on any atom is -0.490 e. The van der Waals surface area contributed by atoms with Crippen molar-refractivity contribution in [1.29, 1.82) is 0 Å². The van der Waals surface area contributed by atoms with Gasteiger partial charge in [0, 0.05) is 11.6 Å². The summed E-state index contributed by atoms with van der Waals surface area (Å²) in [4.78, 5) is 22.6. The predicted molar refractivity (Wildman–Crippen MR) is 112 cm³/mol. The van der Waals surface area contributed by atoms with Gasteiger partial charge >= 0.3 is 11.0 Å². The number of anilines is 1. The summed E-state index contributed by atoms with van der Waals surface area (Å²) in [6.45, 7) is 6.79. The van der Waals surface area contributed by atoms with Gasteiger partial charge in [0.25, 0.3) is 5.91 Å². The van der Waals surface area contributed by atoms with E-state index in [1.807, 2.05) is 20.8 Å². The molecule has 0 saturated heterocycles. The van der Waals surface area contributed by atoms with Crippen molar-refractivity contribution in [2.24, 2.45) is 0 Å². The molecule has 31 heavy (non-hydrogen) atoms. The molecular weight excluding hydrogens is 428 g/mol. The maximum Gasteiger partial charge on any atom is 0.324 e. The first-order chi connectivity index (χ1) is 15.0. The van der Waals surface area contributed by atoms with Crippen LogP contribution in [0.2, 0.25) is 0 Å². The summed E-state index contributed by atoms with van der Waals surface area (Å²) in [7, 11) is 0. The number of aromatic nitrogens is 2. The standard InChI is InChI=1S/C19H20N4O7S/c1-4-27-12-9-11(10-13(28-5-2)16(12)29-6-3)18-21-22-19(30-18)20-17(24)14-7-8-15(31-14)23(25)26/h7-10H,4-6H2,1-3H3,(H,20,22,24). The molecular formula is C19H20N4O7S. The van der Waals surface area contributed by atoms with Gasteiger partial charge in [0.1, 0.15) is 0 Å². The molecule has 0 aliphatic heterocycles. The van der Waals surface area contributed by atoms with E-state index in [9.17, 15) is 14.9 Å². The second-order valence-corrected chi connectivity index (χ2v) is 6.92. The van der Waals surface area contributed by atoms with Crippen LogP contribution in [0.4, 0.5) is 11.0 Å². The van der Waals surface area contributed by atoms with E-state index in [2.05, 4.69) is 15.5 Å². The maximum atomic E-state index is 12.3. The average Bonchev–Trinajstić information content (AvgIpc) is 3.40. The van der Waals surface area contributed by atoms with Gasteiger partial charge in [0.15, 0.2) is 11.5 Å². The Labute approximate surface area is 181 Å². The number of rotatable bonds is 10. The number of ether oxygens (including phenoxy) is 3. The highest BCUT2D eigenvalue weighted by molar-refractivity contribution is 7.17. The molecule has 2 aromatic heterocycles. The van der Waals surface area contributed by atoms with Crippen molar-refractivity contribution in [3.8, 4) is 28.7 Å². The van der Waals surface area contributed by atoms with Gasteiger partial charge in [-0.2, -0.15) is 0 Å². The van der Waals surface area contributed by atoms with Gasteiger partial charge in [-0.05, 0) is 39.0 Å². The number of amides is 1. The highest BCUT2D eigenvalue weighted by atomic mass is 32.1. The lowest BCUT2D eigenvalue weighted by molar-refractivity contribution is -0.380. The summed E-state index contributed by atoms with van der Waals surface area (Å²) in [5.74, 6) is 0.921. The molecule has 1 aromatic carbocycles. The van der Waals surface area contributed by atoms with Gasteiger partial charge in [-0.25, -0.2) is 0 Å². The normalized spacial score (nSPS) is 10.5. The van der Waals surface area contributed by atoms with Crippen LogP contribution in [0.25, 0.3) is 11.5 Å². The Morgan fingerprint density at radius 1 is 1.10 bits per heavy atom. The molecule has 3 rings (SSSR count). The Kier molecular flexibility index (Phi) is 7.03. The number of thiophene rings is 1. The predicted octanol–water partition coefficient (Wildman–Crippen LogP) is 4.15. The van der Waals surface area contributed by atoms with Crippen LogP contribution in [-0.2, 0) is 0 Å². The molecule has 0 spiro atoms. The zero-order valence-corrected chi connectivity index (χ0v) is 17.9. The minimum atomic E-state index is -0.593. The fourth-order valence-electron chi connectivity index (χ4n) is 2.61. The molecule has 2 heterocycles. The van der Waals surface area contributed by atoms with Crippen molar-refractivity contribution in [2.75, 3.05) is 25.1 Å². The highest BCUT2D eigenvalue weighted by Crippen LogP contribution is 2.41. The zero-order valence-electron chi connectivity index (χ0n) is 17.0. The van der Waals surface area contributed by atoms with E-state index in [1.165, 1.54) is 12.1 Å². The molecule has 0 radical (unpaired) electrons. The number of hydrogen-bond acceptors (Lipinski definition) is 10. The Balaban J connectivity index is 1.86. The molecule has 0 unspecified atom stereocenters. The third-order valence-corrected chi connectivity index (χ3v) is 4.83. The molecule has 0 fully saturated rings. The third-order valence-electron chi connectivity index (χ3n) is 3.80. The van der Waals surface area contributed by atoms with Crippen molar-refractivity contribution < 1.29 is 28.3 Å². The van der Waals surface area contributed by atoms with Crippen LogP contribution >= 0.6 is 11.3 Å². The SMILES string of the molecule is CCOc1cc(-c2nnc(NC(=O)c3ccc([N+](=O)[O-])s3)o2)cc(OCC)c1OCC. The van der Waals surface area contributed by atoms with E-state index >= 15 is 0 Å². The van der Waals surface area contributed by atoms with Crippen molar-refractivity contribution in [2.45, 2.75) is 20.8 Å². The smallest absolute Gasteiger partial charge is 0.324 e. The van der Waals surface area contributed by atoms with E-state index < -0.39 is 10.8 Å². The zero-order chi connectivity index (χ0) is 22.4. The molecule has 0 saturated carbocycles. The van der Waals surface area contributed by atoms with Crippen molar-refractivity contribution in [3.63, 3.8) is 0 Å². The van der Waals surface area contributed by atoms with Gasteiger partial charge in [-0.3, -0.25) is 20.2 Å². The summed E-state index contributed by atoms with van der Waals surface area (Å²) in [6, 6.07) is 5.81. The van der Waals surface area contributed by atoms with Crippen LogP contribution in [0, 0.1) is 10.1 Å². The fourth-order valence-corrected chi connectivity index (χ4v) is 3.32. The van der Waals surface area contributed by atoms with Gasteiger partial charge in [0.05, 0.1) is 29.6 Å². The molecule has 164 valence electrons. The maximum absolute atomic E-state index is 12.3. The van der Waals surface area contributed by atoms with E-state index in [1.54, 1.807) is 12.1 Å². The summed E-state index contributed by atoms with van der Waals surface area (Å²) >= 11 is 0.745. The van der Waals surface area contributed by atoms with Crippen molar-refractivity contribution in [3.05, 3.63) is 39.3 Å². The van der Waals surface area contributed by atoms with E-state index in [0.717, 1.165) is 11.3 Å². The van der Waals surface area contributed by atoms with Gasteiger partial charge in [-0.15, -0.1) is 5.10 Å². The molecule has 11 nitrogen and oxygen atoms in total. The molecule has 3 aromatic rings. The van der Waals surface area contributed by atoms with Crippen molar-refractivity contribution in [1.82, 2.24) is 10.2 Å². The molecule has 12 heteroatoms. The lowest BCUT2D eigenvalue weighted by Crippen LogP contribution is -2.10. The summed E-state index contributed by atoms with van der Waals surface area (Å²) in [6.07, 6.45) is 0. The van der Waals surface area contributed by atoms with Crippen LogP contribution in [0.3, 0.4) is 0 Å². The van der Waals surface area contributed by atoms with Gasteiger partial charge < -0.3 is 18.6 Å². The number of nitrogens with zero attached hydrogens (tertiary/aromatic N) is 3. The quantitative estimate of drug-likeness (QED) is 0.358. The van der Waals surface area contributed by atoms with Crippen LogP contribution in [0.5, 0.6) is 17.2 Å². The molecule has 0 atom stereocenters. The Morgan fingerprint density at radius 2 is 1.74 bits per heavy atom. The van der Waals surface area contributed by atoms with Crippen molar-refractivity contribution >= 4 is 28.3 Å². The second-order valence-electron chi connectivity index (χ2n) is 5.86. The number of carbonyl (C=O) groups excluding carboxylic acids is 1. The first-order valence-electron chi connectivity index (χ1n) is 9.42. The van der Waals surface area contributed by atoms with Gasteiger partial charge in [0.2, 0.25) is 11.6 Å². The van der Waals surface area contributed by atoms with E-state index in [0.29, 0.717) is 42.6 Å². The van der Waals surface area contributed by atoms with Crippen LogP contribution in [0.1, 0.15) is 30.4 Å². The van der Waals surface area contributed by atoms with Crippen LogP contribution in [0.15, 0.2) is 28.7 Å². The number of nitro groups is 1. The third kappa shape index (κ3) is 5.09. The first-order valence-corrected chi connectivity index (χ1v) is 10.2. The monoisotopic (exact) mass is 448 g/mol. The van der Waals surface area contributed by atoms with Gasteiger partial charge in [-0.1, -0.05) is 16.4 Å². The molecule has 1 N–H and O–H groups in total. The topological polar surface area (TPSA) is 139 Å². The molecule has 0 bridgehead atoms. The summed E-state index contributed by atoms with van der Waals surface area (Å²) in [5.41, 5.74) is 0.509. The summed E-state index contributed by atoms with van der Waals surface area (Å²) in [5, 5.41) is 20.9. The number of carbonyl (C=O) groups is 1. The number of nitrogens with one attached hydrogen (secondary N) is 1. The van der Waals surface area contributed by atoms with E-state index in [-0.39, 0.29) is 21.8 Å². The summed E-state index contributed by atoms with van der Waals surface area (Å²) < 4.78 is 22.6. The fraction of sp³-hybridized carbons (Fsp3) is 0.316. The molecule has 0 aliphatic carbocycles. The molecule has 0 aliphatic rings. The number of benzene rings is 1. The second kappa shape index (κ2) is 9.89. The van der Waals surface area contributed by atoms with Crippen LogP contribution in [-0.4, -0.2) is 40.8 Å². The minimum absolute atomic E-state index is 0.123. The Hall–Kier alpha value is -3.67. The average molecular weight is 448 g/mol. The highest BCUT2D eigenvalue weighted by Gasteiger charge is 2.21. The largest absolute Gasteiger partial charge is 0.490 e. The molecule has 1 amide bonds. The lowest BCUT2D eigenvalue weighted by atomic mass is 10.2. The van der Waals surface area contributed by atoms with E-state index in [4.69, 9.17) is 18.6 Å². The Morgan fingerprint density at radius 3 is 2.29 bits per heavy atom.